The lowest BCUT2D eigenvalue weighted by atomic mass is 9.90. The number of nitrogens with zero attached hydrogens (tertiary/aromatic N) is 3. The fraction of sp³-hybridized carbons (Fsp3) is 0.357. The number of carboxylic acid groups (broad SMARTS) is 1. The Kier molecular flexibility index (Phi) is 8.52. The average molecular weight is 568 g/mol. The molecule has 1 saturated heterocycles. The van der Waals surface area contributed by atoms with Crippen molar-refractivity contribution in [3.63, 3.8) is 0 Å². The van der Waals surface area contributed by atoms with Gasteiger partial charge < -0.3 is 10.2 Å². The van der Waals surface area contributed by atoms with Crippen molar-refractivity contribution in [1.29, 1.82) is 0 Å². The van der Waals surface area contributed by atoms with Crippen LogP contribution in [0.25, 0.3) is 11.1 Å². The highest BCUT2D eigenvalue weighted by Gasteiger charge is 2.71. The number of piperazine rings is 1. The first-order valence-electron chi connectivity index (χ1n) is 12.4. The Bertz CT molecular complexity index is 1270. The molecule has 214 valence electrons. The molecule has 1 aliphatic rings. The van der Waals surface area contributed by atoms with Crippen LogP contribution >= 0.6 is 0 Å². The van der Waals surface area contributed by atoms with E-state index in [2.05, 4.69) is 14.8 Å². The molecule has 0 unspecified atom stereocenters. The van der Waals surface area contributed by atoms with Crippen molar-refractivity contribution in [2.24, 2.45) is 0 Å². The molecule has 2 aromatic carbocycles. The first-order valence-corrected chi connectivity index (χ1v) is 12.4. The van der Waals surface area contributed by atoms with Crippen molar-refractivity contribution in [3.05, 3.63) is 89.7 Å². The van der Waals surface area contributed by atoms with Crippen molar-refractivity contribution < 1.29 is 41.4 Å². The largest absolute Gasteiger partial charge is 0.481 e. The molecule has 0 amide bonds. The van der Waals surface area contributed by atoms with E-state index in [0.717, 1.165) is 29.8 Å². The van der Waals surface area contributed by atoms with Gasteiger partial charge in [-0.15, -0.1) is 0 Å². The van der Waals surface area contributed by atoms with E-state index in [1.165, 1.54) is 0 Å². The molecule has 1 aromatic heterocycles. The third-order valence-electron chi connectivity index (χ3n) is 7.05. The third-order valence-corrected chi connectivity index (χ3v) is 7.05. The Hall–Kier alpha value is -3.48. The van der Waals surface area contributed by atoms with Crippen LogP contribution in [0.15, 0.2) is 73.1 Å². The van der Waals surface area contributed by atoms with Gasteiger partial charge in [-0.2, -0.15) is 26.3 Å². The maximum atomic E-state index is 13.2. The minimum atomic E-state index is -5.95. The molecule has 1 fully saturated rings. The van der Waals surface area contributed by atoms with Crippen LogP contribution in [0.5, 0.6) is 0 Å². The minimum absolute atomic E-state index is 0.0283. The van der Waals surface area contributed by atoms with E-state index < -0.39 is 29.5 Å². The van der Waals surface area contributed by atoms with Crippen LogP contribution in [0.3, 0.4) is 0 Å². The summed E-state index contributed by atoms with van der Waals surface area (Å²) in [5.74, 6) is -0.900. The number of carboxylic acids is 1. The summed E-state index contributed by atoms with van der Waals surface area (Å²) in [5, 5.41) is 19.0. The van der Waals surface area contributed by atoms with Gasteiger partial charge in [0.1, 0.15) is 0 Å². The Morgan fingerprint density at radius 3 is 1.85 bits per heavy atom. The number of hydrogen-bond acceptors (Lipinski definition) is 5. The summed E-state index contributed by atoms with van der Waals surface area (Å²) in [4.78, 5) is 19.8. The molecule has 12 heteroatoms. The van der Waals surface area contributed by atoms with Crippen LogP contribution in [-0.2, 0) is 23.5 Å². The lowest BCUT2D eigenvalue weighted by Crippen LogP contribution is -2.53. The van der Waals surface area contributed by atoms with E-state index in [9.17, 15) is 41.4 Å². The topological polar surface area (TPSA) is 76.9 Å². The zero-order valence-electron chi connectivity index (χ0n) is 21.2. The third kappa shape index (κ3) is 6.45. The quantitative estimate of drug-likeness (QED) is 0.364. The summed E-state index contributed by atoms with van der Waals surface area (Å²) >= 11 is 0. The highest BCUT2D eigenvalue weighted by atomic mass is 19.4. The molecule has 3 aromatic rings. The van der Waals surface area contributed by atoms with E-state index in [0.29, 0.717) is 49.4 Å². The Labute approximate surface area is 226 Å². The first-order chi connectivity index (χ1) is 18.8. The van der Waals surface area contributed by atoms with Gasteiger partial charge in [-0.05, 0) is 34.4 Å². The van der Waals surface area contributed by atoms with Crippen LogP contribution < -0.4 is 0 Å². The summed E-state index contributed by atoms with van der Waals surface area (Å²) in [6.45, 7) is 3.12. The Morgan fingerprint density at radius 2 is 1.32 bits per heavy atom. The highest BCUT2D eigenvalue weighted by Crippen LogP contribution is 2.50. The summed E-state index contributed by atoms with van der Waals surface area (Å²) in [6.07, 6.45) is -8.50. The van der Waals surface area contributed by atoms with Gasteiger partial charge in [-0.1, -0.05) is 48.5 Å². The van der Waals surface area contributed by atoms with Crippen molar-refractivity contribution in [3.8, 4) is 11.1 Å². The lowest BCUT2D eigenvalue weighted by Gasteiger charge is -2.41. The molecule has 1 aliphatic heterocycles. The van der Waals surface area contributed by atoms with Crippen molar-refractivity contribution in [2.45, 2.75) is 43.5 Å². The molecular weight excluding hydrogens is 540 g/mol. The van der Waals surface area contributed by atoms with Crippen LogP contribution in [0.4, 0.5) is 26.3 Å². The zero-order valence-corrected chi connectivity index (χ0v) is 21.2. The molecule has 4 rings (SSSR count). The van der Waals surface area contributed by atoms with E-state index in [-0.39, 0.29) is 12.5 Å². The maximum absolute atomic E-state index is 13.2. The van der Waals surface area contributed by atoms with E-state index >= 15 is 0 Å². The van der Waals surface area contributed by atoms with E-state index in [1.54, 1.807) is 36.7 Å². The number of aliphatic carboxylic acids is 1. The predicted octanol–water partition coefficient (Wildman–Crippen LogP) is 5.22. The molecule has 0 saturated carbocycles. The van der Waals surface area contributed by atoms with Gasteiger partial charge in [0, 0.05) is 56.7 Å². The highest BCUT2D eigenvalue weighted by molar-refractivity contribution is 5.67. The van der Waals surface area contributed by atoms with Gasteiger partial charge in [-0.25, -0.2) is 0 Å². The Balaban J connectivity index is 1.45. The lowest BCUT2D eigenvalue weighted by molar-refractivity contribution is -0.376. The van der Waals surface area contributed by atoms with E-state index in [4.69, 9.17) is 0 Å². The number of rotatable bonds is 8. The number of carbonyl (C=O) groups is 1. The van der Waals surface area contributed by atoms with Crippen LogP contribution in [0.1, 0.15) is 23.1 Å². The van der Waals surface area contributed by atoms with Crippen molar-refractivity contribution >= 4 is 5.97 Å². The average Bonchev–Trinajstić information content (AvgIpc) is 2.89. The van der Waals surface area contributed by atoms with Gasteiger partial charge in [0.25, 0.3) is 5.60 Å². The summed E-state index contributed by atoms with van der Waals surface area (Å²) in [7, 11) is 0. The number of aromatic nitrogens is 1. The van der Waals surface area contributed by atoms with Gasteiger partial charge in [-0.3, -0.25) is 19.6 Å². The number of alkyl halides is 6. The molecule has 0 radical (unpaired) electrons. The van der Waals surface area contributed by atoms with E-state index in [1.807, 2.05) is 12.1 Å². The van der Waals surface area contributed by atoms with Gasteiger partial charge in [0.2, 0.25) is 0 Å². The van der Waals surface area contributed by atoms with Crippen molar-refractivity contribution in [2.75, 3.05) is 19.6 Å². The number of benzene rings is 2. The molecule has 2 N–H and O–H groups in total. The van der Waals surface area contributed by atoms with Gasteiger partial charge in [0.05, 0.1) is 6.42 Å². The fourth-order valence-electron chi connectivity index (χ4n) is 4.88. The summed E-state index contributed by atoms with van der Waals surface area (Å²) in [5.41, 5.74) is -3.40. The van der Waals surface area contributed by atoms with Crippen LogP contribution in [-0.4, -0.2) is 69.0 Å². The number of hydrogen-bond donors (Lipinski definition) is 2. The van der Waals surface area contributed by atoms with Crippen LogP contribution in [0, 0.1) is 0 Å². The normalized spacial score (nSPS) is 17.6. The first kappa shape index (κ1) is 29.5. The minimum Gasteiger partial charge on any atom is -0.481 e. The molecule has 2 heterocycles. The summed E-state index contributed by atoms with van der Waals surface area (Å²) < 4.78 is 78.9. The standard InChI is InChI=1S/C28H27F6N3O3/c29-27(30,31)26(40,28(32,33)34)23-7-5-22(6-8-23)21-3-1-19(2-4-21)17-37-14-13-36(18-24(37)15-25(38)39)16-20-9-11-35-12-10-20/h1-12,24,40H,13-18H2,(H,38,39)/t24-/m0/s1. The number of halogens is 6. The SMILES string of the molecule is O=C(O)C[C@H]1CN(Cc2ccncc2)CCN1Cc1ccc(-c2ccc(C(O)(C(F)(F)F)C(F)(F)F)cc2)cc1. The molecule has 0 aliphatic carbocycles. The van der Waals surface area contributed by atoms with Crippen LogP contribution in [0.2, 0.25) is 0 Å². The van der Waals surface area contributed by atoms with Gasteiger partial charge in [0.15, 0.2) is 0 Å². The molecule has 0 bridgehead atoms. The zero-order chi connectivity index (χ0) is 29.1. The monoisotopic (exact) mass is 567 g/mol. The fourth-order valence-corrected chi connectivity index (χ4v) is 4.88. The maximum Gasteiger partial charge on any atom is 0.430 e. The molecule has 40 heavy (non-hydrogen) atoms. The molecule has 1 atom stereocenters. The second-order valence-electron chi connectivity index (χ2n) is 9.79. The second kappa shape index (κ2) is 11.6. The Morgan fingerprint density at radius 1 is 0.800 bits per heavy atom. The molecular formula is C28H27F6N3O3. The summed E-state index contributed by atoms with van der Waals surface area (Å²) in [6, 6.07) is 14.0. The number of pyridine rings is 1. The number of aliphatic hydroxyl groups is 1. The molecule has 6 nitrogen and oxygen atoms in total. The molecule has 0 spiro atoms. The predicted molar refractivity (Wildman–Crippen MR) is 134 cm³/mol. The smallest absolute Gasteiger partial charge is 0.430 e. The van der Waals surface area contributed by atoms with Gasteiger partial charge >= 0.3 is 18.3 Å². The van der Waals surface area contributed by atoms with Crippen molar-refractivity contribution in [1.82, 2.24) is 14.8 Å². The second-order valence-corrected chi connectivity index (χ2v) is 9.79.